The van der Waals surface area contributed by atoms with E-state index in [0.717, 1.165) is 23.8 Å². The second-order valence-corrected chi connectivity index (χ2v) is 16.7. The number of nitrogens with one attached hydrogen (secondary N) is 3. The number of anilines is 2. The molecule has 8 rings (SSSR count). The Morgan fingerprint density at radius 1 is 1.00 bits per heavy atom. The van der Waals surface area contributed by atoms with Crippen molar-refractivity contribution >= 4 is 50.4 Å². The minimum absolute atomic E-state index is 0.00490. The molecule has 1 unspecified atom stereocenters. The minimum Gasteiger partial charge on any atom is -0.346 e. The summed E-state index contributed by atoms with van der Waals surface area (Å²) in [5.41, 5.74) is 4.54. The van der Waals surface area contributed by atoms with Gasteiger partial charge in [0.15, 0.2) is 0 Å². The molecular formula is C39H40N10O5S. The van der Waals surface area contributed by atoms with Crippen molar-refractivity contribution in [3.63, 3.8) is 0 Å². The lowest BCUT2D eigenvalue weighted by Crippen LogP contribution is -2.64. The molecule has 0 radical (unpaired) electrons. The number of piperidine rings is 2. The third kappa shape index (κ3) is 6.96. The Morgan fingerprint density at radius 3 is 2.42 bits per heavy atom. The van der Waals surface area contributed by atoms with Gasteiger partial charge in [-0.3, -0.25) is 24.4 Å². The van der Waals surface area contributed by atoms with Gasteiger partial charge in [0.1, 0.15) is 11.2 Å². The molecule has 1 atom stereocenters. The SMILES string of the molecule is CCS(=O)(=O)N1CC(CC#N)(n2cc(-c3nc(Nc4ccc(C(=O)N5CCC(c6ccc(C7CCC(=O)NC7=O)cc6)CC5)cc4)nc4[nH]ccc34)cn2)C1. The van der Waals surface area contributed by atoms with E-state index >= 15 is 0 Å². The monoisotopic (exact) mass is 760 g/mol. The number of benzene rings is 2. The van der Waals surface area contributed by atoms with Crippen LogP contribution in [-0.2, 0) is 25.2 Å². The molecule has 3 aromatic heterocycles. The highest BCUT2D eigenvalue weighted by atomic mass is 32.2. The van der Waals surface area contributed by atoms with Crippen LogP contribution in [0.1, 0.15) is 72.3 Å². The van der Waals surface area contributed by atoms with E-state index in [9.17, 15) is 28.1 Å². The van der Waals surface area contributed by atoms with E-state index in [0.29, 0.717) is 66.0 Å². The lowest BCUT2D eigenvalue weighted by Gasteiger charge is -2.47. The molecule has 15 nitrogen and oxygen atoms in total. The van der Waals surface area contributed by atoms with Crippen LogP contribution in [0.3, 0.4) is 0 Å². The molecule has 3 aliphatic heterocycles. The molecule has 0 bridgehead atoms. The van der Waals surface area contributed by atoms with Crippen molar-refractivity contribution in [3.8, 4) is 17.3 Å². The molecule has 55 heavy (non-hydrogen) atoms. The van der Waals surface area contributed by atoms with Gasteiger partial charge in [-0.15, -0.1) is 0 Å². The van der Waals surface area contributed by atoms with Crippen molar-refractivity contribution in [2.24, 2.45) is 0 Å². The van der Waals surface area contributed by atoms with Crippen molar-refractivity contribution in [2.45, 2.75) is 56.4 Å². The number of sulfonamides is 1. The van der Waals surface area contributed by atoms with Crippen LogP contribution >= 0.6 is 0 Å². The molecule has 0 spiro atoms. The third-order valence-electron chi connectivity index (χ3n) is 11.1. The van der Waals surface area contributed by atoms with Crippen LogP contribution in [0.15, 0.2) is 73.2 Å². The predicted molar refractivity (Wildman–Crippen MR) is 204 cm³/mol. The number of fused-ring (bicyclic) bond motifs is 1. The second-order valence-electron chi connectivity index (χ2n) is 14.5. The van der Waals surface area contributed by atoms with Gasteiger partial charge in [-0.2, -0.15) is 19.6 Å². The Labute approximate surface area is 317 Å². The molecule has 3 N–H and O–H groups in total. The molecule has 6 heterocycles. The quantitative estimate of drug-likeness (QED) is 0.172. The number of likely N-dealkylation sites (tertiary alicyclic amines) is 1. The number of imide groups is 1. The largest absolute Gasteiger partial charge is 0.346 e. The maximum absolute atomic E-state index is 13.5. The molecule has 3 saturated heterocycles. The maximum Gasteiger partial charge on any atom is 0.253 e. The summed E-state index contributed by atoms with van der Waals surface area (Å²) in [7, 11) is -3.38. The van der Waals surface area contributed by atoms with Crippen molar-refractivity contribution in [2.75, 3.05) is 37.2 Å². The van der Waals surface area contributed by atoms with E-state index < -0.39 is 15.6 Å². The lowest BCUT2D eigenvalue weighted by molar-refractivity contribution is -0.134. The zero-order valence-corrected chi connectivity index (χ0v) is 31.1. The number of hydrogen-bond acceptors (Lipinski definition) is 10. The summed E-state index contributed by atoms with van der Waals surface area (Å²) in [6.07, 6.45) is 7.90. The number of H-pyrrole nitrogens is 1. The van der Waals surface area contributed by atoms with Gasteiger partial charge < -0.3 is 15.2 Å². The van der Waals surface area contributed by atoms with Gasteiger partial charge >= 0.3 is 0 Å². The molecule has 5 aromatic rings. The number of nitrogens with zero attached hydrogens (tertiary/aromatic N) is 7. The number of nitriles is 1. The molecule has 282 valence electrons. The van der Waals surface area contributed by atoms with E-state index in [1.807, 2.05) is 35.2 Å². The fourth-order valence-electron chi connectivity index (χ4n) is 7.83. The first kappa shape index (κ1) is 36.1. The van der Waals surface area contributed by atoms with Crippen LogP contribution < -0.4 is 10.6 Å². The molecular weight excluding hydrogens is 721 g/mol. The molecule has 2 aromatic carbocycles. The van der Waals surface area contributed by atoms with Crippen molar-refractivity contribution < 1.29 is 22.8 Å². The van der Waals surface area contributed by atoms with Crippen molar-refractivity contribution in [3.05, 3.63) is 89.9 Å². The Bertz CT molecular complexity index is 2420. The summed E-state index contributed by atoms with van der Waals surface area (Å²) in [4.78, 5) is 51.8. The van der Waals surface area contributed by atoms with Crippen LogP contribution in [0.25, 0.3) is 22.3 Å². The zero-order chi connectivity index (χ0) is 38.3. The average Bonchev–Trinajstić information content (AvgIpc) is 3.87. The number of carbonyl (C=O) groups excluding carboxylic acids is 3. The van der Waals surface area contributed by atoms with E-state index in [1.54, 1.807) is 42.3 Å². The van der Waals surface area contributed by atoms with E-state index in [-0.39, 0.29) is 48.9 Å². The van der Waals surface area contributed by atoms with Gasteiger partial charge in [-0.25, -0.2) is 13.4 Å². The summed E-state index contributed by atoms with van der Waals surface area (Å²) >= 11 is 0. The summed E-state index contributed by atoms with van der Waals surface area (Å²) in [5, 5.41) is 20.6. The third-order valence-corrected chi connectivity index (χ3v) is 12.9. The lowest BCUT2D eigenvalue weighted by atomic mass is 9.86. The highest BCUT2D eigenvalue weighted by Gasteiger charge is 2.49. The van der Waals surface area contributed by atoms with Crippen molar-refractivity contribution in [1.82, 2.24) is 39.3 Å². The number of hydrogen-bond donors (Lipinski definition) is 3. The van der Waals surface area contributed by atoms with Crippen LogP contribution in [0, 0.1) is 11.3 Å². The van der Waals surface area contributed by atoms with Gasteiger partial charge in [0.05, 0.1) is 36.1 Å². The molecule has 0 aliphatic carbocycles. The molecule has 3 amide bonds. The highest BCUT2D eigenvalue weighted by Crippen LogP contribution is 2.37. The topological polar surface area (TPSA) is 199 Å². The standard InChI is InChI=1S/C39H40N10O5S/c1-2-55(53,54)48-23-39(24-48,16-17-40)49-22-29(21-42-49)34-32-13-18-41-35(32)46-38(45-34)43-30-9-7-28(8-10-30)37(52)47-19-14-26(15-20-47)25-3-5-27(6-4-25)31-11-12-33(50)44-36(31)51/h3-10,13,18,21-22,26,31H,2,11-12,14-16,19-20,23-24H2,1H3,(H,44,50,51)(H2,41,43,45,46). The van der Waals surface area contributed by atoms with Gasteiger partial charge in [-0.1, -0.05) is 24.3 Å². The van der Waals surface area contributed by atoms with Gasteiger partial charge in [0.2, 0.25) is 27.8 Å². The Balaban J connectivity index is 0.911. The van der Waals surface area contributed by atoms with Crippen LogP contribution in [0.2, 0.25) is 0 Å². The average molecular weight is 761 g/mol. The second kappa shape index (κ2) is 14.4. The molecule has 3 aliphatic rings. The Morgan fingerprint density at radius 2 is 1.73 bits per heavy atom. The summed E-state index contributed by atoms with van der Waals surface area (Å²) in [6.45, 7) is 3.22. The van der Waals surface area contributed by atoms with E-state index in [4.69, 9.17) is 4.98 Å². The summed E-state index contributed by atoms with van der Waals surface area (Å²) in [5.74, 6) is -0.145. The predicted octanol–water partition coefficient (Wildman–Crippen LogP) is 4.38. The normalized spacial score (nSPS) is 19.1. The summed E-state index contributed by atoms with van der Waals surface area (Å²) < 4.78 is 27.9. The number of aromatic nitrogens is 5. The Kier molecular flexibility index (Phi) is 9.43. The van der Waals surface area contributed by atoms with Gasteiger partial charge in [0, 0.05) is 67.2 Å². The maximum atomic E-state index is 13.5. The first-order valence-corrected chi connectivity index (χ1v) is 20.0. The van der Waals surface area contributed by atoms with Crippen LogP contribution in [-0.4, -0.2) is 92.0 Å². The van der Waals surface area contributed by atoms with Gasteiger partial charge in [-0.05, 0) is 73.6 Å². The molecule has 3 fully saturated rings. The van der Waals surface area contributed by atoms with E-state index in [1.165, 1.54) is 9.87 Å². The fourth-order valence-corrected chi connectivity index (χ4v) is 9.07. The van der Waals surface area contributed by atoms with Gasteiger partial charge in [0.25, 0.3) is 5.91 Å². The van der Waals surface area contributed by atoms with Crippen molar-refractivity contribution in [1.29, 1.82) is 5.26 Å². The smallest absolute Gasteiger partial charge is 0.253 e. The number of aromatic amines is 1. The minimum atomic E-state index is -3.38. The number of rotatable bonds is 10. The number of carbonyl (C=O) groups is 3. The first-order chi connectivity index (χ1) is 26.6. The van der Waals surface area contributed by atoms with Crippen LogP contribution in [0.5, 0.6) is 0 Å². The summed E-state index contributed by atoms with van der Waals surface area (Å²) in [6, 6.07) is 19.4. The fraction of sp³-hybridized carbons (Fsp3) is 0.359. The first-order valence-electron chi connectivity index (χ1n) is 18.4. The number of amides is 3. The van der Waals surface area contributed by atoms with E-state index in [2.05, 4.69) is 43.9 Å². The highest BCUT2D eigenvalue weighted by molar-refractivity contribution is 7.89. The Hall–Kier alpha value is -5.92. The molecule has 0 saturated carbocycles. The van der Waals surface area contributed by atoms with Crippen LogP contribution in [0.4, 0.5) is 11.6 Å². The molecule has 16 heteroatoms. The zero-order valence-electron chi connectivity index (χ0n) is 30.2.